The van der Waals surface area contributed by atoms with Crippen LogP contribution in [0.15, 0.2) is 72.8 Å². The third-order valence-electron chi connectivity index (χ3n) is 4.38. The average Bonchev–Trinajstić information content (AvgIpc) is 2.56. The summed E-state index contributed by atoms with van der Waals surface area (Å²) < 4.78 is 0. The van der Waals surface area contributed by atoms with E-state index in [1.807, 2.05) is 0 Å². The lowest BCUT2D eigenvalue weighted by molar-refractivity contribution is 0.482. The van der Waals surface area contributed by atoms with Crippen LogP contribution in [-0.2, 0) is 11.8 Å². The fraction of sp³-hybridized carbons (Fsp3) is 0.200. The molecule has 0 saturated carbocycles. The van der Waals surface area contributed by atoms with Crippen LogP contribution in [0.4, 0.5) is 0 Å². The molecule has 0 radical (unpaired) electrons. The zero-order valence-electron chi connectivity index (χ0n) is 12.4. The molecule has 0 fully saturated rings. The number of hydrogen-bond donors (Lipinski definition) is 1. The van der Waals surface area contributed by atoms with E-state index in [0.29, 0.717) is 6.54 Å². The van der Waals surface area contributed by atoms with E-state index in [1.165, 1.54) is 21.9 Å². The van der Waals surface area contributed by atoms with Crippen molar-refractivity contribution in [1.29, 1.82) is 0 Å². The highest BCUT2D eigenvalue weighted by Gasteiger charge is 2.25. The Morgan fingerprint density at radius 3 is 2.24 bits per heavy atom. The molecule has 3 aromatic carbocycles. The summed E-state index contributed by atoms with van der Waals surface area (Å²) in [5, 5.41) is 2.62. The molecular formula is C20H21N. The number of fused-ring (bicyclic) bond motifs is 1. The molecule has 0 amide bonds. The van der Waals surface area contributed by atoms with E-state index in [4.69, 9.17) is 5.73 Å². The van der Waals surface area contributed by atoms with Crippen LogP contribution in [0.5, 0.6) is 0 Å². The van der Waals surface area contributed by atoms with Gasteiger partial charge in [-0.15, -0.1) is 0 Å². The molecule has 1 nitrogen and oxygen atoms in total. The van der Waals surface area contributed by atoms with Gasteiger partial charge in [0.2, 0.25) is 0 Å². The molecule has 3 rings (SSSR count). The summed E-state index contributed by atoms with van der Waals surface area (Å²) in [6.07, 6.45) is 0.953. The lowest BCUT2D eigenvalue weighted by Gasteiger charge is -2.29. The van der Waals surface area contributed by atoms with Crippen LogP contribution >= 0.6 is 0 Å². The van der Waals surface area contributed by atoms with Crippen LogP contribution < -0.4 is 5.73 Å². The molecule has 0 bridgehead atoms. The summed E-state index contributed by atoms with van der Waals surface area (Å²) in [5.74, 6) is 0. The number of nitrogens with two attached hydrogens (primary N) is 1. The molecule has 0 aromatic heterocycles. The van der Waals surface area contributed by atoms with Crippen LogP contribution in [0.2, 0.25) is 0 Å². The minimum absolute atomic E-state index is 0.0363. The molecule has 0 aliphatic carbocycles. The first-order valence-corrected chi connectivity index (χ1v) is 7.45. The molecule has 0 saturated heterocycles. The minimum atomic E-state index is -0.0363. The normalized spacial score (nSPS) is 14.0. The molecule has 3 aromatic rings. The average molecular weight is 275 g/mol. The second-order valence-electron chi connectivity index (χ2n) is 5.95. The summed E-state index contributed by atoms with van der Waals surface area (Å²) >= 11 is 0. The molecular weight excluding hydrogens is 254 g/mol. The summed E-state index contributed by atoms with van der Waals surface area (Å²) in [5.41, 5.74) is 8.77. The van der Waals surface area contributed by atoms with E-state index in [-0.39, 0.29) is 5.41 Å². The number of rotatable bonds is 4. The van der Waals surface area contributed by atoms with Crippen LogP contribution in [0.3, 0.4) is 0 Å². The molecule has 0 aliphatic heterocycles. The standard InChI is InChI=1S/C20H21N/c1-20(15-21,18-11-3-2-4-12-18)14-17-10-7-9-16-8-5-6-13-19(16)17/h2-13H,14-15,21H2,1H3. The fourth-order valence-electron chi connectivity index (χ4n) is 3.00. The SMILES string of the molecule is CC(CN)(Cc1cccc2ccccc12)c1ccccc1. The lowest BCUT2D eigenvalue weighted by Crippen LogP contribution is -2.34. The van der Waals surface area contributed by atoms with Gasteiger partial charge in [0.05, 0.1) is 0 Å². The minimum Gasteiger partial charge on any atom is -0.330 e. The van der Waals surface area contributed by atoms with E-state index in [1.54, 1.807) is 0 Å². The smallest absolute Gasteiger partial charge is 0.00878 e. The summed E-state index contributed by atoms with van der Waals surface area (Å²) in [6.45, 7) is 2.89. The molecule has 0 heterocycles. The Kier molecular flexibility index (Phi) is 3.76. The monoisotopic (exact) mass is 275 g/mol. The molecule has 1 heteroatoms. The van der Waals surface area contributed by atoms with E-state index in [2.05, 4.69) is 79.7 Å². The molecule has 106 valence electrons. The highest BCUT2D eigenvalue weighted by molar-refractivity contribution is 5.85. The van der Waals surface area contributed by atoms with Crippen LogP contribution in [-0.4, -0.2) is 6.54 Å². The van der Waals surface area contributed by atoms with Crippen molar-refractivity contribution in [3.05, 3.63) is 83.9 Å². The second-order valence-corrected chi connectivity index (χ2v) is 5.95. The van der Waals surface area contributed by atoms with E-state index in [9.17, 15) is 0 Å². The van der Waals surface area contributed by atoms with Crippen LogP contribution in [0.25, 0.3) is 10.8 Å². The van der Waals surface area contributed by atoms with Crippen LogP contribution in [0.1, 0.15) is 18.1 Å². The lowest BCUT2D eigenvalue weighted by atomic mass is 9.76. The van der Waals surface area contributed by atoms with Gasteiger partial charge in [-0.1, -0.05) is 79.7 Å². The Bertz CT molecular complexity index is 728. The topological polar surface area (TPSA) is 26.0 Å². The predicted octanol–water partition coefficient (Wildman–Crippen LogP) is 4.30. The van der Waals surface area contributed by atoms with Gasteiger partial charge in [-0.25, -0.2) is 0 Å². The Hall–Kier alpha value is -2.12. The number of benzene rings is 3. The zero-order chi connectivity index (χ0) is 14.7. The maximum absolute atomic E-state index is 6.13. The predicted molar refractivity (Wildman–Crippen MR) is 90.5 cm³/mol. The van der Waals surface area contributed by atoms with Gasteiger partial charge in [-0.2, -0.15) is 0 Å². The summed E-state index contributed by atoms with van der Waals surface area (Å²) in [6, 6.07) is 25.7. The van der Waals surface area contributed by atoms with Gasteiger partial charge in [0.1, 0.15) is 0 Å². The van der Waals surface area contributed by atoms with E-state index >= 15 is 0 Å². The first kappa shape index (κ1) is 13.8. The maximum Gasteiger partial charge on any atom is 0.00878 e. The number of hydrogen-bond acceptors (Lipinski definition) is 1. The Balaban J connectivity index is 2.04. The molecule has 2 N–H and O–H groups in total. The van der Waals surface area contributed by atoms with Crippen molar-refractivity contribution in [2.45, 2.75) is 18.8 Å². The zero-order valence-corrected chi connectivity index (χ0v) is 12.4. The van der Waals surface area contributed by atoms with Gasteiger partial charge in [0.25, 0.3) is 0 Å². The first-order valence-electron chi connectivity index (χ1n) is 7.45. The molecule has 21 heavy (non-hydrogen) atoms. The molecule has 1 atom stereocenters. The van der Waals surface area contributed by atoms with Crippen molar-refractivity contribution in [3.8, 4) is 0 Å². The van der Waals surface area contributed by atoms with Gasteiger partial charge in [0.15, 0.2) is 0 Å². The molecule has 0 aliphatic rings. The maximum atomic E-state index is 6.13. The van der Waals surface area contributed by atoms with Crippen molar-refractivity contribution < 1.29 is 0 Å². The highest BCUT2D eigenvalue weighted by Crippen LogP contribution is 2.30. The summed E-state index contributed by atoms with van der Waals surface area (Å²) in [4.78, 5) is 0. The second kappa shape index (κ2) is 5.71. The third-order valence-corrected chi connectivity index (χ3v) is 4.38. The van der Waals surface area contributed by atoms with Crippen molar-refractivity contribution in [1.82, 2.24) is 0 Å². The highest BCUT2D eigenvalue weighted by atomic mass is 14.6. The van der Waals surface area contributed by atoms with Gasteiger partial charge in [0, 0.05) is 12.0 Å². The molecule has 1 unspecified atom stereocenters. The Labute approximate surface area is 126 Å². The van der Waals surface area contributed by atoms with Crippen LogP contribution in [0, 0.1) is 0 Å². The van der Waals surface area contributed by atoms with Crippen molar-refractivity contribution in [2.75, 3.05) is 6.54 Å². The largest absolute Gasteiger partial charge is 0.330 e. The Morgan fingerprint density at radius 2 is 1.48 bits per heavy atom. The third kappa shape index (κ3) is 2.70. The van der Waals surface area contributed by atoms with Gasteiger partial charge < -0.3 is 5.73 Å². The van der Waals surface area contributed by atoms with Gasteiger partial charge >= 0.3 is 0 Å². The summed E-state index contributed by atoms with van der Waals surface area (Å²) in [7, 11) is 0. The fourth-order valence-corrected chi connectivity index (χ4v) is 3.00. The quantitative estimate of drug-likeness (QED) is 0.755. The van der Waals surface area contributed by atoms with Gasteiger partial charge in [-0.05, 0) is 28.3 Å². The van der Waals surface area contributed by atoms with Crippen molar-refractivity contribution >= 4 is 10.8 Å². The Morgan fingerprint density at radius 1 is 0.810 bits per heavy atom. The molecule has 0 spiro atoms. The van der Waals surface area contributed by atoms with Gasteiger partial charge in [-0.3, -0.25) is 0 Å². The van der Waals surface area contributed by atoms with Crippen molar-refractivity contribution in [2.24, 2.45) is 5.73 Å². The van der Waals surface area contributed by atoms with E-state index in [0.717, 1.165) is 6.42 Å². The first-order chi connectivity index (χ1) is 10.2. The van der Waals surface area contributed by atoms with Crippen molar-refractivity contribution in [3.63, 3.8) is 0 Å². The van der Waals surface area contributed by atoms with E-state index < -0.39 is 0 Å².